The normalized spacial score (nSPS) is 11.6. The van der Waals surface area contributed by atoms with Gasteiger partial charge in [-0.15, -0.1) is 0 Å². The van der Waals surface area contributed by atoms with Gasteiger partial charge >= 0.3 is 12.1 Å². The highest BCUT2D eigenvalue weighted by Crippen LogP contribution is 2.12. The maximum absolute atomic E-state index is 12.8. The van der Waals surface area contributed by atoms with Crippen LogP contribution in [0.25, 0.3) is 0 Å². The Morgan fingerprint density at radius 2 is 1.60 bits per heavy atom. The maximum atomic E-state index is 12.8. The third-order valence-electron chi connectivity index (χ3n) is 4.48. The predicted octanol–water partition coefficient (Wildman–Crippen LogP) is 2.60. The molecule has 0 aromatic heterocycles. The van der Waals surface area contributed by atoms with Crippen molar-refractivity contribution in [3.63, 3.8) is 0 Å². The number of benzene rings is 2. The van der Waals surface area contributed by atoms with E-state index in [1.165, 1.54) is 12.1 Å². The predicted molar refractivity (Wildman–Crippen MR) is 135 cm³/mol. The van der Waals surface area contributed by atoms with E-state index < -0.39 is 29.6 Å². The zero-order valence-electron chi connectivity index (χ0n) is 20.0. The van der Waals surface area contributed by atoms with Gasteiger partial charge in [-0.25, -0.2) is 4.79 Å². The molecule has 0 bridgehead atoms. The highest BCUT2D eigenvalue weighted by Gasteiger charge is 2.25. The summed E-state index contributed by atoms with van der Waals surface area (Å²) >= 11 is 5.19. The highest BCUT2D eigenvalue weighted by molar-refractivity contribution is 7.80. The molecular weight excluding hydrogens is 470 g/mol. The lowest BCUT2D eigenvalue weighted by molar-refractivity contribution is -0.143. The molecular formula is C25H31N3O6S. The Labute approximate surface area is 210 Å². The fraction of sp³-hybridized carbons (Fsp3) is 0.360. The first-order chi connectivity index (χ1) is 16.5. The number of hydrogen-bond acceptors (Lipinski definition) is 7. The van der Waals surface area contributed by atoms with E-state index in [2.05, 4.69) is 16.0 Å². The van der Waals surface area contributed by atoms with E-state index in [1.54, 1.807) is 32.9 Å². The van der Waals surface area contributed by atoms with Crippen LogP contribution in [0.2, 0.25) is 0 Å². The summed E-state index contributed by atoms with van der Waals surface area (Å²) in [5.41, 5.74) is 0.860. The number of ether oxygens (including phenoxy) is 2. The van der Waals surface area contributed by atoms with Crippen LogP contribution in [0.3, 0.4) is 0 Å². The molecule has 35 heavy (non-hydrogen) atoms. The molecule has 0 aliphatic carbocycles. The summed E-state index contributed by atoms with van der Waals surface area (Å²) in [7, 11) is 0. The van der Waals surface area contributed by atoms with Crippen molar-refractivity contribution in [3.05, 3.63) is 65.7 Å². The van der Waals surface area contributed by atoms with Crippen LogP contribution >= 0.6 is 12.2 Å². The molecule has 0 spiro atoms. The number of phenolic OH excluding ortho intramolecular Hbond substituents is 1. The SMILES string of the molecule is CC(C)(C)OC(=O)N[C@@H](Cc1ccc(O)cc1)C(=O)NCC(=S)NCC(=O)OCc1ccccc1. The number of nitrogens with one attached hydrogen (secondary N) is 3. The van der Waals surface area contributed by atoms with Crippen LogP contribution in [-0.4, -0.2) is 52.8 Å². The Hall–Kier alpha value is -3.66. The second-order valence-corrected chi connectivity index (χ2v) is 9.20. The first-order valence-electron chi connectivity index (χ1n) is 11.0. The van der Waals surface area contributed by atoms with Crippen molar-refractivity contribution in [2.24, 2.45) is 0 Å². The number of carbonyl (C=O) groups excluding carboxylic acids is 3. The van der Waals surface area contributed by atoms with Crippen molar-refractivity contribution in [1.82, 2.24) is 16.0 Å². The fourth-order valence-corrected chi connectivity index (χ4v) is 2.98. The van der Waals surface area contributed by atoms with Gasteiger partial charge in [0, 0.05) is 6.42 Å². The van der Waals surface area contributed by atoms with Crippen LogP contribution in [-0.2, 0) is 32.1 Å². The van der Waals surface area contributed by atoms with E-state index in [1.807, 2.05) is 30.3 Å². The Morgan fingerprint density at radius 1 is 0.943 bits per heavy atom. The number of thiocarbonyl (C=S) groups is 1. The van der Waals surface area contributed by atoms with Gasteiger partial charge in [0.15, 0.2) is 0 Å². The largest absolute Gasteiger partial charge is 0.508 e. The van der Waals surface area contributed by atoms with Crippen molar-refractivity contribution in [2.75, 3.05) is 13.1 Å². The van der Waals surface area contributed by atoms with Gasteiger partial charge in [0.25, 0.3) is 0 Å². The van der Waals surface area contributed by atoms with Gasteiger partial charge in [0.05, 0.1) is 11.5 Å². The van der Waals surface area contributed by atoms with Gasteiger partial charge < -0.3 is 30.5 Å². The molecule has 0 fully saturated rings. The monoisotopic (exact) mass is 501 g/mol. The Morgan fingerprint density at radius 3 is 2.23 bits per heavy atom. The minimum atomic E-state index is -0.951. The van der Waals surface area contributed by atoms with E-state index >= 15 is 0 Å². The number of phenols is 1. The average molecular weight is 502 g/mol. The summed E-state index contributed by atoms with van der Waals surface area (Å²) < 4.78 is 10.4. The molecule has 9 nitrogen and oxygen atoms in total. The summed E-state index contributed by atoms with van der Waals surface area (Å²) in [5.74, 6) is -0.882. The minimum Gasteiger partial charge on any atom is -0.508 e. The second kappa shape index (κ2) is 13.3. The number of amides is 2. The van der Waals surface area contributed by atoms with Crippen molar-refractivity contribution >= 4 is 35.2 Å². The molecule has 0 heterocycles. The van der Waals surface area contributed by atoms with Crippen LogP contribution in [0.5, 0.6) is 5.75 Å². The lowest BCUT2D eigenvalue weighted by Crippen LogP contribution is -2.51. The summed E-state index contributed by atoms with van der Waals surface area (Å²) in [6.07, 6.45) is -0.574. The number of alkyl carbamates (subject to hydrolysis) is 1. The van der Waals surface area contributed by atoms with E-state index in [0.717, 1.165) is 11.1 Å². The molecule has 2 aromatic carbocycles. The number of rotatable bonds is 10. The second-order valence-electron chi connectivity index (χ2n) is 8.71. The van der Waals surface area contributed by atoms with Crippen molar-refractivity contribution in [3.8, 4) is 5.75 Å². The number of aromatic hydroxyl groups is 1. The van der Waals surface area contributed by atoms with Crippen molar-refractivity contribution < 1.29 is 29.0 Å². The third-order valence-corrected chi connectivity index (χ3v) is 4.77. The fourth-order valence-electron chi connectivity index (χ4n) is 2.84. The minimum absolute atomic E-state index is 0.0395. The zero-order valence-corrected chi connectivity index (χ0v) is 20.8. The molecule has 0 aliphatic heterocycles. The summed E-state index contributed by atoms with van der Waals surface area (Å²) in [6, 6.07) is 14.6. The molecule has 2 amide bonds. The van der Waals surface area contributed by atoms with Crippen molar-refractivity contribution in [2.45, 2.75) is 45.4 Å². The number of esters is 1. The lowest BCUT2D eigenvalue weighted by Gasteiger charge is -2.23. The first kappa shape index (κ1) is 27.6. The van der Waals surface area contributed by atoms with Gasteiger partial charge in [-0.05, 0) is 44.0 Å². The smallest absolute Gasteiger partial charge is 0.408 e. The molecule has 10 heteroatoms. The molecule has 0 radical (unpaired) electrons. The number of carbonyl (C=O) groups is 3. The van der Waals surface area contributed by atoms with Gasteiger partial charge in [-0.1, -0.05) is 54.7 Å². The molecule has 0 aliphatic rings. The third kappa shape index (κ3) is 11.3. The molecule has 0 unspecified atom stereocenters. The summed E-state index contributed by atoms with van der Waals surface area (Å²) in [4.78, 5) is 37.2. The number of hydrogen-bond donors (Lipinski definition) is 4. The quantitative estimate of drug-likeness (QED) is 0.289. The van der Waals surface area contributed by atoms with E-state index in [-0.39, 0.29) is 36.9 Å². The topological polar surface area (TPSA) is 126 Å². The maximum Gasteiger partial charge on any atom is 0.408 e. The molecule has 0 saturated carbocycles. The van der Waals surface area contributed by atoms with Gasteiger partial charge in [0.2, 0.25) is 5.91 Å². The van der Waals surface area contributed by atoms with Crippen LogP contribution in [0.15, 0.2) is 54.6 Å². The van der Waals surface area contributed by atoms with Crippen LogP contribution in [0, 0.1) is 0 Å². The van der Waals surface area contributed by atoms with Crippen molar-refractivity contribution in [1.29, 1.82) is 0 Å². The molecule has 0 saturated heterocycles. The van der Waals surface area contributed by atoms with E-state index in [4.69, 9.17) is 21.7 Å². The highest BCUT2D eigenvalue weighted by atomic mass is 32.1. The molecule has 2 aromatic rings. The molecule has 188 valence electrons. The Bertz CT molecular complexity index is 1010. The van der Waals surface area contributed by atoms with Gasteiger partial charge in [0.1, 0.15) is 30.5 Å². The lowest BCUT2D eigenvalue weighted by atomic mass is 10.1. The summed E-state index contributed by atoms with van der Waals surface area (Å²) in [6.45, 7) is 5.13. The Balaban J connectivity index is 1.85. The van der Waals surface area contributed by atoms with Crippen LogP contribution in [0.4, 0.5) is 4.79 Å². The molecule has 4 N–H and O–H groups in total. The average Bonchev–Trinajstić information content (AvgIpc) is 2.80. The zero-order chi connectivity index (χ0) is 25.8. The molecule has 1 atom stereocenters. The van der Waals surface area contributed by atoms with Crippen LogP contribution < -0.4 is 16.0 Å². The van der Waals surface area contributed by atoms with E-state index in [0.29, 0.717) is 0 Å². The van der Waals surface area contributed by atoms with Gasteiger partial charge in [-0.2, -0.15) is 0 Å². The van der Waals surface area contributed by atoms with Crippen LogP contribution in [0.1, 0.15) is 31.9 Å². The standard InChI is InChI=1S/C25H31N3O6S/c1-25(2,3)34-24(32)28-20(13-17-9-11-19(29)12-10-17)23(31)27-14-21(35)26-15-22(30)33-16-18-7-5-4-6-8-18/h4-12,20,29H,13-16H2,1-3H3,(H,26,35)(H,27,31)(H,28,32)/t20-/m0/s1. The van der Waals surface area contributed by atoms with Gasteiger partial charge in [-0.3, -0.25) is 9.59 Å². The Kier molecular flexibility index (Phi) is 10.5. The van der Waals surface area contributed by atoms with E-state index in [9.17, 15) is 19.5 Å². The molecule has 2 rings (SSSR count). The first-order valence-corrected chi connectivity index (χ1v) is 11.4. The summed E-state index contributed by atoms with van der Waals surface area (Å²) in [5, 5.41) is 17.4.